The number of aromatic amines is 1. The molecule has 23 heavy (non-hydrogen) atoms. The van der Waals surface area contributed by atoms with Crippen molar-refractivity contribution < 1.29 is 9.53 Å². The molecule has 0 spiro atoms. The van der Waals surface area contributed by atoms with Gasteiger partial charge in [0.05, 0.1) is 13.2 Å². The van der Waals surface area contributed by atoms with Gasteiger partial charge in [-0.05, 0) is 24.7 Å². The van der Waals surface area contributed by atoms with Crippen molar-refractivity contribution in [3.63, 3.8) is 0 Å². The summed E-state index contributed by atoms with van der Waals surface area (Å²) >= 11 is 0. The third-order valence-corrected chi connectivity index (χ3v) is 4.34. The highest BCUT2D eigenvalue weighted by atomic mass is 16.5. The fraction of sp³-hybridized carbons (Fsp3) is 0.412. The van der Waals surface area contributed by atoms with Crippen molar-refractivity contribution in [2.75, 3.05) is 33.3 Å². The molecular formula is C17H22N4O2. The Balaban J connectivity index is 1.79. The van der Waals surface area contributed by atoms with Crippen LogP contribution >= 0.6 is 0 Å². The molecule has 122 valence electrons. The van der Waals surface area contributed by atoms with E-state index in [-0.39, 0.29) is 11.9 Å². The van der Waals surface area contributed by atoms with E-state index in [4.69, 9.17) is 4.74 Å². The highest BCUT2D eigenvalue weighted by Crippen LogP contribution is 2.24. The molecule has 1 aromatic heterocycles. The third-order valence-electron chi connectivity index (χ3n) is 4.34. The van der Waals surface area contributed by atoms with Gasteiger partial charge in [0.1, 0.15) is 11.6 Å². The van der Waals surface area contributed by atoms with Crippen LogP contribution < -0.4 is 4.74 Å². The van der Waals surface area contributed by atoms with Gasteiger partial charge < -0.3 is 14.6 Å². The normalized spacial score (nSPS) is 18.9. The van der Waals surface area contributed by atoms with Gasteiger partial charge in [0.2, 0.25) is 0 Å². The number of benzene rings is 1. The molecule has 0 bridgehead atoms. The van der Waals surface area contributed by atoms with E-state index >= 15 is 0 Å². The molecule has 6 heteroatoms. The quantitative estimate of drug-likeness (QED) is 0.937. The summed E-state index contributed by atoms with van der Waals surface area (Å²) < 4.78 is 5.21. The second-order valence-corrected chi connectivity index (χ2v) is 5.60. The zero-order valence-corrected chi connectivity index (χ0v) is 13.5. The summed E-state index contributed by atoms with van der Waals surface area (Å²) in [5.41, 5.74) is 0.660. The van der Waals surface area contributed by atoms with Crippen LogP contribution in [0.1, 0.15) is 29.1 Å². The van der Waals surface area contributed by atoms with Crippen molar-refractivity contribution in [2.45, 2.75) is 13.0 Å². The molecular weight excluding hydrogens is 292 g/mol. The smallest absolute Gasteiger partial charge is 0.254 e. The Kier molecular flexibility index (Phi) is 4.62. The van der Waals surface area contributed by atoms with E-state index in [0.29, 0.717) is 17.9 Å². The van der Waals surface area contributed by atoms with Crippen molar-refractivity contribution >= 4 is 5.91 Å². The zero-order valence-electron chi connectivity index (χ0n) is 13.5. The number of aromatic nitrogens is 2. The van der Waals surface area contributed by atoms with Gasteiger partial charge in [-0.3, -0.25) is 9.69 Å². The van der Waals surface area contributed by atoms with Crippen molar-refractivity contribution in [1.82, 2.24) is 19.8 Å². The van der Waals surface area contributed by atoms with Crippen LogP contribution in [-0.4, -0.2) is 59.0 Å². The Morgan fingerprint density at radius 2 is 2.30 bits per heavy atom. The lowest BCUT2D eigenvalue weighted by Gasteiger charge is -2.40. The number of amides is 1. The van der Waals surface area contributed by atoms with Gasteiger partial charge in [0, 0.05) is 37.6 Å². The van der Waals surface area contributed by atoms with Crippen LogP contribution in [0.15, 0.2) is 36.7 Å². The highest BCUT2D eigenvalue weighted by molar-refractivity contribution is 5.94. The Morgan fingerprint density at radius 3 is 3.00 bits per heavy atom. The van der Waals surface area contributed by atoms with Crippen LogP contribution in [0.25, 0.3) is 0 Å². The minimum absolute atomic E-state index is 0.0382. The molecule has 0 saturated carbocycles. The Labute approximate surface area is 136 Å². The summed E-state index contributed by atoms with van der Waals surface area (Å²) in [6.45, 7) is 5.28. The molecule has 3 rings (SSSR count). The summed E-state index contributed by atoms with van der Waals surface area (Å²) in [6, 6.07) is 7.42. The third kappa shape index (κ3) is 3.22. The first-order valence-corrected chi connectivity index (χ1v) is 7.89. The van der Waals surface area contributed by atoms with Gasteiger partial charge in [-0.1, -0.05) is 13.0 Å². The summed E-state index contributed by atoms with van der Waals surface area (Å²) in [5, 5.41) is 0. The minimum Gasteiger partial charge on any atom is -0.497 e. The number of carbonyl (C=O) groups excluding carboxylic acids is 1. The lowest BCUT2D eigenvalue weighted by atomic mass is 10.1. The van der Waals surface area contributed by atoms with Gasteiger partial charge in [0.25, 0.3) is 5.91 Å². The molecule has 1 unspecified atom stereocenters. The SMILES string of the molecule is CCN1CCN(C(=O)c2cccc(OC)c2)CC1c1ncc[nH]1. The Morgan fingerprint density at radius 1 is 1.43 bits per heavy atom. The number of carbonyl (C=O) groups is 1. The lowest BCUT2D eigenvalue weighted by Crippen LogP contribution is -2.50. The number of rotatable bonds is 4. The van der Waals surface area contributed by atoms with Gasteiger partial charge in [-0.15, -0.1) is 0 Å². The molecule has 2 aromatic rings. The van der Waals surface area contributed by atoms with E-state index in [9.17, 15) is 4.79 Å². The van der Waals surface area contributed by atoms with Crippen molar-refractivity contribution in [3.8, 4) is 5.75 Å². The van der Waals surface area contributed by atoms with Gasteiger partial charge >= 0.3 is 0 Å². The first kappa shape index (κ1) is 15.6. The topological polar surface area (TPSA) is 61.5 Å². The molecule has 1 aliphatic heterocycles. The number of hydrogen-bond acceptors (Lipinski definition) is 4. The summed E-state index contributed by atoms with van der Waals surface area (Å²) in [4.78, 5) is 24.6. The van der Waals surface area contributed by atoms with E-state index in [1.54, 1.807) is 19.4 Å². The maximum atomic E-state index is 12.8. The molecule has 0 radical (unpaired) electrons. The number of likely N-dealkylation sites (N-methyl/N-ethyl adjacent to an activating group) is 1. The molecule has 1 N–H and O–H groups in total. The van der Waals surface area contributed by atoms with E-state index < -0.39 is 0 Å². The monoisotopic (exact) mass is 314 g/mol. The predicted octanol–water partition coefficient (Wildman–Crippen LogP) is 1.94. The average molecular weight is 314 g/mol. The van der Waals surface area contributed by atoms with Crippen LogP contribution in [0, 0.1) is 0 Å². The van der Waals surface area contributed by atoms with Crippen LogP contribution in [0.4, 0.5) is 0 Å². The lowest BCUT2D eigenvalue weighted by molar-refractivity contribution is 0.0479. The van der Waals surface area contributed by atoms with Crippen molar-refractivity contribution in [1.29, 1.82) is 0 Å². The maximum absolute atomic E-state index is 12.8. The molecule has 1 aliphatic rings. The standard InChI is InChI=1S/C17H22N4O2/c1-3-20-9-10-21(12-15(20)16-18-7-8-19-16)17(22)13-5-4-6-14(11-13)23-2/h4-8,11,15H,3,9-10,12H2,1-2H3,(H,18,19). The molecule has 1 saturated heterocycles. The van der Waals surface area contributed by atoms with Crippen molar-refractivity contribution in [3.05, 3.63) is 48.0 Å². The number of methoxy groups -OCH3 is 1. The Bertz CT molecular complexity index is 656. The first-order valence-electron chi connectivity index (χ1n) is 7.89. The molecule has 2 heterocycles. The highest BCUT2D eigenvalue weighted by Gasteiger charge is 2.31. The van der Waals surface area contributed by atoms with Crippen LogP contribution in [-0.2, 0) is 0 Å². The molecule has 1 fully saturated rings. The number of piperazine rings is 1. The Hall–Kier alpha value is -2.34. The maximum Gasteiger partial charge on any atom is 0.254 e. The second-order valence-electron chi connectivity index (χ2n) is 5.60. The van der Waals surface area contributed by atoms with Gasteiger partial charge in [-0.25, -0.2) is 4.98 Å². The van der Waals surface area contributed by atoms with E-state index in [0.717, 1.165) is 25.5 Å². The van der Waals surface area contributed by atoms with Gasteiger partial charge in [-0.2, -0.15) is 0 Å². The van der Waals surface area contributed by atoms with Crippen LogP contribution in [0.3, 0.4) is 0 Å². The second kappa shape index (κ2) is 6.83. The fourth-order valence-electron chi connectivity index (χ4n) is 3.04. The number of nitrogens with one attached hydrogen (secondary N) is 1. The number of ether oxygens (including phenoxy) is 1. The van der Waals surface area contributed by atoms with E-state index in [2.05, 4.69) is 21.8 Å². The average Bonchev–Trinajstić information content (AvgIpc) is 3.15. The van der Waals surface area contributed by atoms with E-state index in [1.807, 2.05) is 29.3 Å². The van der Waals surface area contributed by atoms with Crippen molar-refractivity contribution in [2.24, 2.45) is 0 Å². The number of imidazole rings is 1. The molecule has 0 aliphatic carbocycles. The molecule has 1 amide bonds. The minimum atomic E-state index is 0.0382. The molecule has 1 aromatic carbocycles. The van der Waals surface area contributed by atoms with Crippen LogP contribution in [0.2, 0.25) is 0 Å². The summed E-state index contributed by atoms with van der Waals surface area (Å²) in [7, 11) is 1.61. The van der Waals surface area contributed by atoms with E-state index in [1.165, 1.54) is 0 Å². The molecule has 6 nitrogen and oxygen atoms in total. The molecule has 1 atom stereocenters. The number of nitrogens with zero attached hydrogens (tertiary/aromatic N) is 3. The van der Waals surface area contributed by atoms with Gasteiger partial charge in [0.15, 0.2) is 0 Å². The largest absolute Gasteiger partial charge is 0.497 e. The zero-order chi connectivity index (χ0) is 16.2. The summed E-state index contributed by atoms with van der Waals surface area (Å²) in [6.07, 6.45) is 3.58. The first-order chi connectivity index (χ1) is 11.2. The summed E-state index contributed by atoms with van der Waals surface area (Å²) in [5.74, 6) is 1.65. The predicted molar refractivity (Wildman–Crippen MR) is 87.5 cm³/mol. The van der Waals surface area contributed by atoms with Crippen LogP contribution in [0.5, 0.6) is 5.75 Å². The fourth-order valence-corrected chi connectivity index (χ4v) is 3.04. The number of hydrogen-bond donors (Lipinski definition) is 1. The number of H-pyrrole nitrogens is 1.